The zero-order valence-corrected chi connectivity index (χ0v) is 16.8. The lowest BCUT2D eigenvalue weighted by molar-refractivity contribution is -0.153. The molecule has 0 aromatic carbocycles. The van der Waals surface area contributed by atoms with Gasteiger partial charge in [0.1, 0.15) is 6.10 Å². The van der Waals surface area contributed by atoms with Gasteiger partial charge >= 0.3 is 5.97 Å². The second kappa shape index (κ2) is 8.77. The van der Waals surface area contributed by atoms with E-state index in [1.807, 2.05) is 6.92 Å². The molecule has 0 aromatic heterocycles. The first kappa shape index (κ1) is 19.7. The van der Waals surface area contributed by atoms with Gasteiger partial charge in [-0.15, -0.1) is 0 Å². The molecule has 3 fully saturated rings. The van der Waals surface area contributed by atoms with E-state index < -0.39 is 0 Å². The summed E-state index contributed by atoms with van der Waals surface area (Å²) in [5.74, 6) is 3.11. The van der Waals surface area contributed by atoms with Crippen LogP contribution < -0.4 is 0 Å². The van der Waals surface area contributed by atoms with Crippen molar-refractivity contribution < 1.29 is 9.53 Å². The molecule has 146 valence electrons. The van der Waals surface area contributed by atoms with Crippen molar-refractivity contribution >= 4 is 5.97 Å². The van der Waals surface area contributed by atoms with Gasteiger partial charge in [0, 0.05) is 6.42 Å². The predicted molar refractivity (Wildman–Crippen MR) is 103 cm³/mol. The summed E-state index contributed by atoms with van der Waals surface area (Å²) < 4.78 is 5.65. The largest absolute Gasteiger partial charge is 0.462 e. The highest BCUT2D eigenvalue weighted by atomic mass is 16.5. The van der Waals surface area contributed by atoms with Crippen molar-refractivity contribution in [3.05, 3.63) is 0 Å². The van der Waals surface area contributed by atoms with Crippen LogP contribution in [-0.4, -0.2) is 12.1 Å². The molecule has 0 saturated heterocycles. The van der Waals surface area contributed by atoms with Crippen LogP contribution in [-0.2, 0) is 9.53 Å². The molecule has 3 nitrogen and oxygen atoms in total. The van der Waals surface area contributed by atoms with Crippen molar-refractivity contribution in [3.63, 3.8) is 0 Å². The van der Waals surface area contributed by atoms with Gasteiger partial charge in [0.05, 0.1) is 11.5 Å². The fourth-order valence-corrected chi connectivity index (χ4v) is 6.36. The van der Waals surface area contributed by atoms with Gasteiger partial charge < -0.3 is 4.74 Å². The van der Waals surface area contributed by atoms with Crippen molar-refractivity contribution in [3.8, 4) is 6.07 Å². The monoisotopic (exact) mass is 359 g/mol. The van der Waals surface area contributed by atoms with Crippen LogP contribution in [0.5, 0.6) is 0 Å². The van der Waals surface area contributed by atoms with Crippen LogP contribution in [0.25, 0.3) is 0 Å². The Morgan fingerprint density at radius 1 is 1.08 bits per heavy atom. The molecule has 0 radical (unpaired) electrons. The van der Waals surface area contributed by atoms with E-state index in [-0.39, 0.29) is 17.5 Å². The van der Waals surface area contributed by atoms with E-state index >= 15 is 0 Å². The predicted octanol–water partition coefficient (Wildman–Crippen LogP) is 6.02. The third kappa shape index (κ3) is 4.26. The van der Waals surface area contributed by atoms with Crippen LogP contribution in [0.4, 0.5) is 0 Å². The van der Waals surface area contributed by atoms with E-state index in [9.17, 15) is 10.1 Å². The highest BCUT2D eigenvalue weighted by Gasteiger charge is 2.48. The average molecular weight is 360 g/mol. The minimum absolute atomic E-state index is 0.0307. The molecule has 0 aromatic rings. The standard InChI is InChI=1S/C23H37NO2/c1-3-5-6-12-23(16-24)13-11-21-18(15-23)8-7-17-14-19(9-10-20(17)21)26-22(25)4-2/h17-21H,3-15H2,1-2H3/t17?,18?,19-,20?,21?,23+/m0/s1. The van der Waals surface area contributed by atoms with E-state index in [4.69, 9.17) is 4.74 Å². The molecular weight excluding hydrogens is 322 g/mol. The fourth-order valence-electron chi connectivity index (χ4n) is 6.36. The van der Waals surface area contributed by atoms with Crippen LogP contribution in [0, 0.1) is 40.4 Å². The lowest BCUT2D eigenvalue weighted by atomic mass is 9.53. The Labute approximate surface area is 159 Å². The number of carbonyl (C=O) groups excluding carboxylic acids is 1. The number of rotatable bonds is 6. The maximum Gasteiger partial charge on any atom is 0.305 e. The molecule has 0 spiro atoms. The van der Waals surface area contributed by atoms with Crippen molar-refractivity contribution in [2.24, 2.45) is 29.1 Å². The van der Waals surface area contributed by atoms with Crippen molar-refractivity contribution in [2.45, 2.75) is 103 Å². The smallest absolute Gasteiger partial charge is 0.305 e. The molecule has 0 bridgehead atoms. The quantitative estimate of drug-likeness (QED) is 0.430. The molecule has 0 N–H and O–H groups in total. The number of ether oxygens (including phenoxy) is 1. The first-order valence-corrected chi connectivity index (χ1v) is 11.2. The molecule has 0 amide bonds. The van der Waals surface area contributed by atoms with E-state index in [0.29, 0.717) is 6.42 Å². The van der Waals surface area contributed by atoms with Crippen LogP contribution in [0.15, 0.2) is 0 Å². The number of carbonyl (C=O) groups is 1. The molecule has 0 aliphatic heterocycles. The summed E-state index contributed by atoms with van der Waals surface area (Å²) in [6.45, 7) is 4.12. The molecule has 6 atom stereocenters. The van der Waals surface area contributed by atoms with Gasteiger partial charge in [-0.05, 0) is 81.5 Å². The van der Waals surface area contributed by atoms with Gasteiger partial charge in [0.25, 0.3) is 0 Å². The lowest BCUT2D eigenvalue weighted by Crippen LogP contribution is -2.45. The maximum absolute atomic E-state index is 11.6. The molecule has 4 unspecified atom stereocenters. The number of hydrogen-bond acceptors (Lipinski definition) is 3. The average Bonchev–Trinajstić information content (AvgIpc) is 2.67. The Kier molecular flexibility index (Phi) is 6.65. The Bertz CT molecular complexity index is 525. The summed E-state index contributed by atoms with van der Waals surface area (Å²) in [6, 6.07) is 2.76. The number of esters is 1. The summed E-state index contributed by atoms with van der Waals surface area (Å²) in [5, 5.41) is 9.91. The third-order valence-corrected chi connectivity index (χ3v) is 7.75. The van der Waals surface area contributed by atoms with Gasteiger partial charge in [-0.2, -0.15) is 5.26 Å². The number of unbranched alkanes of at least 4 members (excludes halogenated alkanes) is 2. The molecule has 26 heavy (non-hydrogen) atoms. The zero-order chi connectivity index (χ0) is 18.6. The summed E-state index contributed by atoms with van der Waals surface area (Å²) in [5.41, 5.74) is -0.0307. The lowest BCUT2D eigenvalue weighted by Gasteiger charge is -2.52. The second-order valence-electron chi connectivity index (χ2n) is 9.30. The van der Waals surface area contributed by atoms with Gasteiger partial charge in [-0.1, -0.05) is 33.1 Å². The fraction of sp³-hybridized carbons (Fsp3) is 0.913. The highest BCUT2D eigenvalue weighted by molar-refractivity contribution is 5.69. The molecule has 3 heteroatoms. The second-order valence-corrected chi connectivity index (χ2v) is 9.30. The SMILES string of the molecule is CCCCC[C@@]1(C#N)CCC2C(CCC3C[C@@H](OC(=O)CC)CCC32)C1. The van der Waals surface area contributed by atoms with Gasteiger partial charge in [0.2, 0.25) is 0 Å². The summed E-state index contributed by atoms with van der Waals surface area (Å²) in [6.07, 6.45) is 14.9. The van der Waals surface area contributed by atoms with Gasteiger partial charge in [0.15, 0.2) is 0 Å². The zero-order valence-electron chi connectivity index (χ0n) is 16.8. The highest BCUT2D eigenvalue weighted by Crippen LogP contribution is 2.56. The molecule has 3 aliphatic rings. The van der Waals surface area contributed by atoms with Crippen molar-refractivity contribution in [2.75, 3.05) is 0 Å². The topological polar surface area (TPSA) is 50.1 Å². The first-order chi connectivity index (χ1) is 12.6. The number of nitrogens with zero attached hydrogens (tertiary/aromatic N) is 1. The molecule has 3 saturated carbocycles. The first-order valence-electron chi connectivity index (χ1n) is 11.2. The van der Waals surface area contributed by atoms with E-state index in [2.05, 4.69) is 13.0 Å². The Hall–Kier alpha value is -1.04. The van der Waals surface area contributed by atoms with Crippen LogP contribution >= 0.6 is 0 Å². The van der Waals surface area contributed by atoms with Crippen LogP contribution in [0.3, 0.4) is 0 Å². The normalized spacial score (nSPS) is 39.3. The number of hydrogen-bond donors (Lipinski definition) is 0. The number of fused-ring (bicyclic) bond motifs is 3. The summed E-state index contributed by atoms with van der Waals surface area (Å²) >= 11 is 0. The van der Waals surface area contributed by atoms with Crippen molar-refractivity contribution in [1.29, 1.82) is 5.26 Å². The molecular formula is C23H37NO2. The van der Waals surface area contributed by atoms with E-state index in [1.165, 1.54) is 44.9 Å². The Morgan fingerprint density at radius 2 is 1.85 bits per heavy atom. The van der Waals surface area contributed by atoms with Crippen molar-refractivity contribution in [1.82, 2.24) is 0 Å². The van der Waals surface area contributed by atoms with Crippen LogP contribution in [0.2, 0.25) is 0 Å². The van der Waals surface area contributed by atoms with Crippen LogP contribution in [0.1, 0.15) is 97.3 Å². The summed E-state index contributed by atoms with van der Waals surface area (Å²) in [4.78, 5) is 11.6. The third-order valence-electron chi connectivity index (χ3n) is 7.75. The van der Waals surface area contributed by atoms with Gasteiger partial charge in [-0.3, -0.25) is 4.79 Å². The molecule has 3 rings (SSSR count). The Balaban J connectivity index is 1.57. The van der Waals surface area contributed by atoms with E-state index in [0.717, 1.165) is 55.8 Å². The maximum atomic E-state index is 11.6. The molecule has 0 heterocycles. The van der Waals surface area contributed by atoms with E-state index in [1.54, 1.807) is 0 Å². The van der Waals surface area contributed by atoms with Gasteiger partial charge in [-0.25, -0.2) is 0 Å². The Morgan fingerprint density at radius 3 is 2.58 bits per heavy atom. The number of nitriles is 1. The minimum atomic E-state index is -0.0364. The summed E-state index contributed by atoms with van der Waals surface area (Å²) in [7, 11) is 0. The molecule has 3 aliphatic carbocycles. The minimum Gasteiger partial charge on any atom is -0.462 e.